The summed E-state index contributed by atoms with van der Waals surface area (Å²) in [5, 5.41) is 5.97. The van der Waals surface area contributed by atoms with Crippen molar-refractivity contribution in [3.8, 4) is 0 Å². The normalized spacial score (nSPS) is 30.2. The molecule has 3 rings (SSSR count). The summed E-state index contributed by atoms with van der Waals surface area (Å²) in [6, 6.07) is 8.90. The molecule has 2 bridgehead atoms. The summed E-state index contributed by atoms with van der Waals surface area (Å²) in [6.45, 7) is 1.74. The Morgan fingerprint density at radius 1 is 1.12 bits per heavy atom. The predicted octanol–water partition coefficient (Wildman–Crippen LogP) is 1.83. The van der Waals surface area contributed by atoms with Gasteiger partial charge in [0.05, 0.1) is 0 Å². The molecule has 24 heavy (non-hydrogen) atoms. The Kier molecular flexibility index (Phi) is 5.19. The van der Waals surface area contributed by atoms with Gasteiger partial charge in [0, 0.05) is 17.6 Å². The lowest BCUT2D eigenvalue weighted by molar-refractivity contribution is -0.124. The van der Waals surface area contributed by atoms with Gasteiger partial charge in [0.15, 0.2) is 0 Å². The van der Waals surface area contributed by atoms with Crippen LogP contribution in [-0.4, -0.2) is 29.9 Å². The molecule has 4 N–H and O–H groups in total. The maximum absolute atomic E-state index is 12.5. The van der Waals surface area contributed by atoms with Crippen LogP contribution < -0.4 is 16.4 Å². The SMILES string of the molecule is CC(NC(=O)c1ccccc1)C(=O)NC1C2CCCC1CC(N)C2. The van der Waals surface area contributed by atoms with Crippen LogP contribution in [-0.2, 0) is 4.79 Å². The van der Waals surface area contributed by atoms with Crippen LogP contribution in [0.5, 0.6) is 0 Å². The molecule has 2 aliphatic rings. The number of fused-ring (bicyclic) bond motifs is 2. The second-order valence-electron chi connectivity index (χ2n) is 7.28. The zero-order valence-corrected chi connectivity index (χ0v) is 14.2. The summed E-state index contributed by atoms with van der Waals surface area (Å²) in [5.74, 6) is 0.641. The maximum Gasteiger partial charge on any atom is 0.251 e. The Hall–Kier alpha value is -1.88. The van der Waals surface area contributed by atoms with Crippen LogP contribution in [0, 0.1) is 11.8 Å². The molecule has 0 radical (unpaired) electrons. The van der Waals surface area contributed by atoms with Gasteiger partial charge in [-0.1, -0.05) is 24.6 Å². The molecule has 3 atom stereocenters. The van der Waals surface area contributed by atoms with Crippen molar-refractivity contribution in [3.63, 3.8) is 0 Å². The minimum Gasteiger partial charge on any atom is -0.351 e. The lowest BCUT2D eigenvalue weighted by atomic mass is 9.67. The van der Waals surface area contributed by atoms with Crippen molar-refractivity contribution < 1.29 is 9.59 Å². The molecule has 130 valence electrons. The highest BCUT2D eigenvalue weighted by molar-refractivity contribution is 5.97. The number of rotatable bonds is 4. The van der Waals surface area contributed by atoms with Crippen LogP contribution in [0.15, 0.2) is 30.3 Å². The van der Waals surface area contributed by atoms with E-state index in [-0.39, 0.29) is 23.9 Å². The molecular formula is C19H27N3O2. The Morgan fingerprint density at radius 3 is 2.38 bits per heavy atom. The Labute approximate surface area is 143 Å². The van der Waals surface area contributed by atoms with Crippen molar-refractivity contribution >= 4 is 11.8 Å². The highest BCUT2D eigenvalue weighted by Crippen LogP contribution is 2.39. The van der Waals surface area contributed by atoms with E-state index in [1.165, 1.54) is 6.42 Å². The molecule has 5 heteroatoms. The quantitative estimate of drug-likeness (QED) is 0.788. The van der Waals surface area contributed by atoms with Gasteiger partial charge in [-0.2, -0.15) is 0 Å². The van der Waals surface area contributed by atoms with E-state index in [4.69, 9.17) is 5.73 Å². The third kappa shape index (κ3) is 3.78. The average molecular weight is 329 g/mol. The molecule has 1 aromatic rings. The van der Waals surface area contributed by atoms with Crippen LogP contribution >= 0.6 is 0 Å². The van der Waals surface area contributed by atoms with E-state index >= 15 is 0 Å². The number of benzene rings is 1. The molecule has 2 saturated carbocycles. The van der Waals surface area contributed by atoms with E-state index in [2.05, 4.69) is 10.6 Å². The van der Waals surface area contributed by atoms with E-state index < -0.39 is 6.04 Å². The fourth-order valence-electron chi connectivity index (χ4n) is 4.25. The number of hydrogen-bond donors (Lipinski definition) is 3. The van der Waals surface area contributed by atoms with Gasteiger partial charge in [0.2, 0.25) is 5.91 Å². The van der Waals surface area contributed by atoms with Crippen LogP contribution in [0.2, 0.25) is 0 Å². The number of nitrogens with one attached hydrogen (secondary N) is 2. The molecule has 3 unspecified atom stereocenters. The molecule has 2 fully saturated rings. The minimum absolute atomic E-state index is 0.100. The van der Waals surface area contributed by atoms with Crippen molar-refractivity contribution in [2.75, 3.05) is 0 Å². The summed E-state index contributed by atoms with van der Waals surface area (Å²) in [7, 11) is 0. The molecule has 0 aromatic heterocycles. The average Bonchev–Trinajstić information content (AvgIpc) is 2.56. The maximum atomic E-state index is 12.5. The molecule has 0 spiro atoms. The van der Waals surface area contributed by atoms with Crippen molar-refractivity contribution in [3.05, 3.63) is 35.9 Å². The van der Waals surface area contributed by atoms with Gasteiger partial charge in [0.25, 0.3) is 5.91 Å². The summed E-state index contributed by atoms with van der Waals surface area (Å²) < 4.78 is 0. The van der Waals surface area contributed by atoms with Crippen LogP contribution in [0.25, 0.3) is 0 Å². The second kappa shape index (κ2) is 7.34. The Balaban J connectivity index is 1.57. The summed E-state index contributed by atoms with van der Waals surface area (Å²) >= 11 is 0. The van der Waals surface area contributed by atoms with Crippen LogP contribution in [0.3, 0.4) is 0 Å². The predicted molar refractivity (Wildman–Crippen MR) is 93.3 cm³/mol. The van der Waals surface area contributed by atoms with E-state index in [9.17, 15) is 9.59 Å². The topological polar surface area (TPSA) is 84.2 Å². The number of carbonyl (C=O) groups excluding carboxylic acids is 2. The number of hydrogen-bond acceptors (Lipinski definition) is 3. The van der Waals surface area contributed by atoms with Crippen LogP contribution in [0.4, 0.5) is 0 Å². The fraction of sp³-hybridized carbons (Fsp3) is 0.579. The highest BCUT2D eigenvalue weighted by Gasteiger charge is 2.40. The summed E-state index contributed by atoms with van der Waals surface area (Å²) in [5.41, 5.74) is 6.71. The largest absolute Gasteiger partial charge is 0.351 e. The molecule has 0 heterocycles. The van der Waals surface area contributed by atoms with Crippen molar-refractivity contribution in [2.24, 2.45) is 17.6 Å². The van der Waals surface area contributed by atoms with Gasteiger partial charge in [-0.15, -0.1) is 0 Å². The molecular weight excluding hydrogens is 302 g/mol. The first-order chi connectivity index (χ1) is 11.5. The first-order valence-electron chi connectivity index (χ1n) is 8.96. The molecule has 2 amide bonds. The van der Waals surface area contributed by atoms with Gasteiger partial charge in [-0.25, -0.2) is 0 Å². The number of carbonyl (C=O) groups is 2. The number of amides is 2. The fourth-order valence-corrected chi connectivity index (χ4v) is 4.25. The van der Waals surface area contributed by atoms with E-state index in [1.807, 2.05) is 18.2 Å². The minimum atomic E-state index is -0.547. The third-order valence-electron chi connectivity index (χ3n) is 5.46. The van der Waals surface area contributed by atoms with Crippen molar-refractivity contribution in [2.45, 2.75) is 57.2 Å². The van der Waals surface area contributed by atoms with E-state index in [0.717, 1.165) is 25.7 Å². The monoisotopic (exact) mass is 329 g/mol. The molecule has 2 aliphatic carbocycles. The first kappa shape index (κ1) is 17.0. The molecule has 1 aromatic carbocycles. The molecule has 5 nitrogen and oxygen atoms in total. The van der Waals surface area contributed by atoms with Crippen molar-refractivity contribution in [1.29, 1.82) is 0 Å². The van der Waals surface area contributed by atoms with E-state index in [0.29, 0.717) is 17.4 Å². The van der Waals surface area contributed by atoms with Gasteiger partial charge >= 0.3 is 0 Å². The zero-order valence-electron chi connectivity index (χ0n) is 14.2. The van der Waals surface area contributed by atoms with Crippen LogP contribution in [0.1, 0.15) is 49.4 Å². The Morgan fingerprint density at radius 2 is 1.75 bits per heavy atom. The second-order valence-corrected chi connectivity index (χ2v) is 7.28. The van der Waals surface area contributed by atoms with Gasteiger partial charge < -0.3 is 16.4 Å². The summed E-state index contributed by atoms with van der Waals surface area (Å²) in [4.78, 5) is 24.7. The standard InChI is InChI=1S/C19H27N3O2/c1-12(21-19(24)13-6-3-2-4-7-13)18(23)22-17-14-8-5-9-15(17)11-16(20)10-14/h2-4,6-7,12,14-17H,5,8-11,20H2,1H3,(H,21,24)(H,22,23). The Bertz CT molecular complexity index is 576. The highest BCUT2D eigenvalue weighted by atomic mass is 16.2. The molecule has 0 saturated heterocycles. The number of nitrogens with two attached hydrogens (primary N) is 1. The zero-order chi connectivity index (χ0) is 17.1. The van der Waals surface area contributed by atoms with Crippen molar-refractivity contribution in [1.82, 2.24) is 10.6 Å². The molecule has 0 aliphatic heterocycles. The smallest absolute Gasteiger partial charge is 0.251 e. The van der Waals surface area contributed by atoms with Gasteiger partial charge in [0.1, 0.15) is 6.04 Å². The lowest BCUT2D eigenvalue weighted by Crippen LogP contribution is -2.57. The summed E-state index contributed by atoms with van der Waals surface area (Å²) in [6.07, 6.45) is 5.49. The van der Waals surface area contributed by atoms with E-state index in [1.54, 1.807) is 19.1 Å². The first-order valence-corrected chi connectivity index (χ1v) is 8.96. The lowest BCUT2D eigenvalue weighted by Gasteiger charge is -2.45. The van der Waals surface area contributed by atoms with Gasteiger partial charge in [-0.3, -0.25) is 9.59 Å². The third-order valence-corrected chi connectivity index (χ3v) is 5.46. The van der Waals surface area contributed by atoms with Gasteiger partial charge in [-0.05, 0) is 56.6 Å².